The highest BCUT2D eigenvalue weighted by atomic mass is 35.5. The van der Waals surface area contributed by atoms with E-state index in [9.17, 15) is 19.1 Å². The van der Waals surface area contributed by atoms with Gasteiger partial charge in [0, 0.05) is 42.5 Å². The maximum absolute atomic E-state index is 13.2. The van der Waals surface area contributed by atoms with Crippen molar-refractivity contribution < 1.29 is 9.50 Å². The first kappa shape index (κ1) is 17.2. The number of rotatable bonds is 5. The van der Waals surface area contributed by atoms with E-state index in [1.54, 1.807) is 0 Å². The standard InChI is InChI=1S/C15H17ClFN3O3/c1-8(2)20-7-10(14(22)19-15(20)23)6-18-5-9-3-11(16)12(17)4-13(9)21/h3-4,7-8,18,21H,5-6H2,1-2H3,(H,19,22,23). The lowest BCUT2D eigenvalue weighted by molar-refractivity contribution is 0.458. The maximum atomic E-state index is 13.2. The Balaban J connectivity index is 2.13. The molecule has 3 N–H and O–H groups in total. The van der Waals surface area contributed by atoms with Gasteiger partial charge in [0.05, 0.1) is 5.02 Å². The van der Waals surface area contributed by atoms with Crippen LogP contribution in [-0.4, -0.2) is 14.7 Å². The van der Waals surface area contributed by atoms with Crippen LogP contribution in [0.1, 0.15) is 31.0 Å². The summed E-state index contributed by atoms with van der Waals surface area (Å²) in [6.45, 7) is 4.02. The van der Waals surface area contributed by atoms with E-state index in [1.807, 2.05) is 13.8 Å². The largest absolute Gasteiger partial charge is 0.508 e. The average molecular weight is 342 g/mol. The summed E-state index contributed by atoms with van der Waals surface area (Å²) in [7, 11) is 0. The maximum Gasteiger partial charge on any atom is 0.328 e. The predicted molar refractivity (Wildman–Crippen MR) is 85.3 cm³/mol. The van der Waals surface area contributed by atoms with E-state index in [2.05, 4.69) is 10.3 Å². The second kappa shape index (κ2) is 6.97. The molecule has 0 radical (unpaired) electrons. The summed E-state index contributed by atoms with van der Waals surface area (Å²) in [5, 5.41) is 12.5. The molecule has 1 aromatic heterocycles. The predicted octanol–water partition coefficient (Wildman–Crippen LogP) is 1.91. The van der Waals surface area contributed by atoms with Crippen LogP contribution in [0.5, 0.6) is 5.75 Å². The molecular weight excluding hydrogens is 325 g/mol. The van der Waals surface area contributed by atoms with Gasteiger partial charge in [0.2, 0.25) is 0 Å². The van der Waals surface area contributed by atoms with E-state index < -0.39 is 17.1 Å². The van der Waals surface area contributed by atoms with Crippen molar-refractivity contribution in [3.8, 4) is 5.75 Å². The molecule has 0 saturated heterocycles. The molecular formula is C15H17ClFN3O3. The lowest BCUT2D eigenvalue weighted by Crippen LogP contribution is -2.34. The van der Waals surface area contributed by atoms with Gasteiger partial charge in [0.1, 0.15) is 11.6 Å². The van der Waals surface area contributed by atoms with Crippen LogP contribution in [0.15, 0.2) is 27.9 Å². The average Bonchev–Trinajstić information content (AvgIpc) is 2.46. The van der Waals surface area contributed by atoms with Gasteiger partial charge in [-0.1, -0.05) is 11.6 Å². The number of H-pyrrole nitrogens is 1. The highest BCUT2D eigenvalue weighted by Crippen LogP contribution is 2.24. The lowest BCUT2D eigenvalue weighted by Gasteiger charge is -2.12. The molecule has 0 aliphatic rings. The first-order valence-electron chi connectivity index (χ1n) is 7.01. The smallest absolute Gasteiger partial charge is 0.328 e. The Bertz CT molecular complexity index is 830. The number of aromatic hydroxyl groups is 1. The molecule has 8 heteroatoms. The van der Waals surface area contributed by atoms with Crippen molar-refractivity contribution in [3.05, 3.63) is 61.1 Å². The van der Waals surface area contributed by atoms with Crippen molar-refractivity contribution in [2.75, 3.05) is 0 Å². The van der Waals surface area contributed by atoms with Crippen LogP contribution in [0, 0.1) is 5.82 Å². The molecule has 0 amide bonds. The molecule has 0 spiro atoms. The van der Waals surface area contributed by atoms with Crippen LogP contribution in [0.3, 0.4) is 0 Å². The number of hydrogen-bond acceptors (Lipinski definition) is 4. The van der Waals surface area contributed by atoms with Gasteiger partial charge < -0.3 is 10.4 Å². The van der Waals surface area contributed by atoms with Gasteiger partial charge in [-0.2, -0.15) is 0 Å². The Morgan fingerprint density at radius 3 is 2.61 bits per heavy atom. The molecule has 0 unspecified atom stereocenters. The molecule has 0 aliphatic heterocycles. The first-order chi connectivity index (χ1) is 10.8. The van der Waals surface area contributed by atoms with Crippen molar-refractivity contribution in [1.82, 2.24) is 14.9 Å². The highest BCUT2D eigenvalue weighted by molar-refractivity contribution is 6.30. The third kappa shape index (κ3) is 4.00. The molecule has 124 valence electrons. The lowest BCUT2D eigenvalue weighted by atomic mass is 10.2. The number of nitrogens with zero attached hydrogens (tertiary/aromatic N) is 1. The molecule has 0 bridgehead atoms. The zero-order chi connectivity index (χ0) is 17.1. The van der Waals surface area contributed by atoms with Crippen LogP contribution in [-0.2, 0) is 13.1 Å². The topological polar surface area (TPSA) is 87.1 Å². The summed E-state index contributed by atoms with van der Waals surface area (Å²) < 4.78 is 14.6. The summed E-state index contributed by atoms with van der Waals surface area (Å²) >= 11 is 5.67. The molecule has 0 saturated carbocycles. The highest BCUT2D eigenvalue weighted by Gasteiger charge is 2.10. The minimum atomic E-state index is -0.701. The molecule has 6 nitrogen and oxygen atoms in total. The molecule has 0 aliphatic carbocycles. The normalized spacial score (nSPS) is 11.2. The first-order valence-corrected chi connectivity index (χ1v) is 7.39. The van der Waals surface area contributed by atoms with Crippen molar-refractivity contribution in [2.45, 2.75) is 33.0 Å². The molecule has 0 atom stereocenters. The fourth-order valence-corrected chi connectivity index (χ4v) is 2.27. The van der Waals surface area contributed by atoms with Crippen molar-refractivity contribution in [2.24, 2.45) is 0 Å². The van der Waals surface area contributed by atoms with Gasteiger partial charge in [0.25, 0.3) is 5.56 Å². The quantitative estimate of drug-likeness (QED) is 0.775. The van der Waals surface area contributed by atoms with Gasteiger partial charge in [-0.25, -0.2) is 9.18 Å². The second-order valence-electron chi connectivity index (χ2n) is 5.41. The van der Waals surface area contributed by atoms with Crippen molar-refractivity contribution in [1.29, 1.82) is 0 Å². The van der Waals surface area contributed by atoms with Crippen LogP contribution in [0.4, 0.5) is 4.39 Å². The third-order valence-electron chi connectivity index (χ3n) is 3.35. The minimum absolute atomic E-state index is 0.0851. The van der Waals surface area contributed by atoms with Crippen LogP contribution in [0.25, 0.3) is 0 Å². The Morgan fingerprint density at radius 2 is 1.96 bits per heavy atom. The fraction of sp³-hybridized carbons (Fsp3) is 0.333. The number of hydrogen-bond donors (Lipinski definition) is 3. The molecule has 23 heavy (non-hydrogen) atoms. The number of benzene rings is 1. The van der Waals surface area contributed by atoms with Gasteiger partial charge in [-0.3, -0.25) is 14.3 Å². The van der Waals surface area contributed by atoms with Crippen LogP contribution in [0.2, 0.25) is 5.02 Å². The molecule has 1 aromatic carbocycles. The van der Waals surface area contributed by atoms with E-state index in [0.717, 1.165) is 6.07 Å². The minimum Gasteiger partial charge on any atom is -0.508 e. The van der Waals surface area contributed by atoms with Gasteiger partial charge in [0.15, 0.2) is 0 Å². The molecule has 0 fully saturated rings. The Morgan fingerprint density at radius 1 is 1.30 bits per heavy atom. The number of phenolic OH excluding ortho intramolecular Hbond substituents is 1. The van der Waals surface area contributed by atoms with E-state index in [-0.39, 0.29) is 29.9 Å². The van der Waals surface area contributed by atoms with Crippen molar-refractivity contribution >= 4 is 11.6 Å². The third-order valence-corrected chi connectivity index (χ3v) is 3.64. The van der Waals surface area contributed by atoms with Gasteiger partial charge in [-0.05, 0) is 19.9 Å². The van der Waals surface area contributed by atoms with Crippen molar-refractivity contribution in [3.63, 3.8) is 0 Å². The number of phenols is 1. The Hall–Kier alpha value is -2.12. The number of halogens is 2. The van der Waals surface area contributed by atoms with Gasteiger partial charge in [-0.15, -0.1) is 0 Å². The Labute approximate surface area is 136 Å². The fourth-order valence-electron chi connectivity index (χ4n) is 2.09. The number of aromatic amines is 1. The molecule has 1 heterocycles. The molecule has 2 rings (SSSR count). The van der Waals surface area contributed by atoms with E-state index in [1.165, 1.54) is 16.8 Å². The Kier molecular flexibility index (Phi) is 5.23. The summed E-state index contributed by atoms with van der Waals surface area (Å²) in [5.41, 5.74) is -0.145. The summed E-state index contributed by atoms with van der Waals surface area (Å²) in [6, 6.07) is 2.17. The summed E-state index contributed by atoms with van der Waals surface area (Å²) in [4.78, 5) is 25.7. The summed E-state index contributed by atoms with van der Waals surface area (Å²) in [5.74, 6) is -0.922. The number of aromatic nitrogens is 2. The van der Waals surface area contributed by atoms with E-state index >= 15 is 0 Å². The SMILES string of the molecule is CC(C)n1cc(CNCc2cc(Cl)c(F)cc2O)c(=O)[nH]c1=O. The van der Waals surface area contributed by atoms with E-state index in [4.69, 9.17) is 11.6 Å². The van der Waals surface area contributed by atoms with E-state index in [0.29, 0.717) is 11.1 Å². The number of nitrogens with one attached hydrogen (secondary N) is 2. The second-order valence-corrected chi connectivity index (χ2v) is 5.82. The zero-order valence-electron chi connectivity index (χ0n) is 12.7. The zero-order valence-corrected chi connectivity index (χ0v) is 13.4. The summed E-state index contributed by atoms with van der Waals surface area (Å²) in [6.07, 6.45) is 1.50. The van der Waals surface area contributed by atoms with Crippen LogP contribution >= 0.6 is 11.6 Å². The monoisotopic (exact) mass is 341 g/mol. The molecule has 2 aromatic rings. The van der Waals surface area contributed by atoms with Crippen LogP contribution < -0.4 is 16.6 Å². The van der Waals surface area contributed by atoms with Gasteiger partial charge >= 0.3 is 5.69 Å².